The first-order valence-corrected chi connectivity index (χ1v) is 9.63. The fraction of sp³-hybridized carbons (Fsp3) is 0.364. The van der Waals surface area contributed by atoms with Crippen molar-refractivity contribution >= 4 is 12.1 Å². The first-order chi connectivity index (χ1) is 14.8. The number of halogens is 3. The second-order valence-electron chi connectivity index (χ2n) is 6.52. The summed E-state index contributed by atoms with van der Waals surface area (Å²) in [6, 6.07) is 11.3. The molecule has 0 spiro atoms. The summed E-state index contributed by atoms with van der Waals surface area (Å²) in [6.45, 7) is 0.752. The molecule has 0 radical (unpaired) electrons. The minimum atomic E-state index is -4.90. The van der Waals surface area contributed by atoms with E-state index in [2.05, 4.69) is 9.47 Å². The van der Waals surface area contributed by atoms with Gasteiger partial charge in [-0.3, -0.25) is 0 Å². The van der Waals surface area contributed by atoms with Crippen LogP contribution < -0.4 is 4.74 Å². The Kier molecular flexibility index (Phi) is 9.33. The van der Waals surface area contributed by atoms with Gasteiger partial charge in [-0.1, -0.05) is 36.8 Å². The van der Waals surface area contributed by atoms with Crippen LogP contribution in [0.4, 0.5) is 18.0 Å². The van der Waals surface area contributed by atoms with Crippen molar-refractivity contribution in [1.29, 1.82) is 0 Å². The number of unbranched alkanes of at least 4 members (excludes halogenated alkanes) is 3. The Labute approximate surface area is 177 Å². The SMILES string of the molecule is COCCCCCCOC(=O)OC(=O)c1ccc(OC(F)(F)F)c(-c2ccccc2)c1. The Morgan fingerprint density at radius 1 is 0.903 bits per heavy atom. The van der Waals surface area contributed by atoms with E-state index in [1.165, 1.54) is 6.07 Å². The highest BCUT2D eigenvalue weighted by Gasteiger charge is 2.32. The minimum absolute atomic E-state index is 0.0248. The van der Waals surface area contributed by atoms with Crippen molar-refractivity contribution < 1.29 is 41.7 Å². The topological polar surface area (TPSA) is 71.1 Å². The standard InChI is InChI=1S/C22H23F3O6/c1-28-13-7-2-3-8-14-29-21(27)30-20(26)17-11-12-19(31-22(23,24)25)18(15-17)16-9-5-4-6-10-16/h4-6,9-12,15H,2-3,7-8,13-14H2,1H3. The Hall–Kier alpha value is -3.07. The summed E-state index contributed by atoms with van der Waals surface area (Å²) in [5.74, 6) is -1.52. The maximum atomic E-state index is 12.7. The van der Waals surface area contributed by atoms with Gasteiger partial charge in [0.1, 0.15) is 5.75 Å². The van der Waals surface area contributed by atoms with Crippen LogP contribution in [0.1, 0.15) is 36.0 Å². The number of esters is 1. The fourth-order valence-electron chi connectivity index (χ4n) is 2.74. The second-order valence-corrected chi connectivity index (χ2v) is 6.52. The maximum Gasteiger partial charge on any atom is 0.573 e. The molecule has 2 rings (SSSR count). The predicted octanol–water partition coefficient (Wildman–Crippen LogP) is 5.75. The molecule has 6 nitrogen and oxygen atoms in total. The zero-order valence-corrected chi connectivity index (χ0v) is 16.9. The van der Waals surface area contributed by atoms with E-state index >= 15 is 0 Å². The number of carbonyl (C=O) groups excluding carboxylic acids is 2. The number of hydrogen-bond acceptors (Lipinski definition) is 6. The summed E-state index contributed by atoms with van der Waals surface area (Å²) in [4.78, 5) is 24.0. The molecule has 0 aliphatic heterocycles. The van der Waals surface area contributed by atoms with Crippen molar-refractivity contribution in [3.8, 4) is 16.9 Å². The molecular weight excluding hydrogens is 417 g/mol. The van der Waals surface area contributed by atoms with Crippen LogP contribution in [0.3, 0.4) is 0 Å². The van der Waals surface area contributed by atoms with Gasteiger partial charge in [-0.2, -0.15) is 0 Å². The molecule has 0 atom stereocenters. The number of ether oxygens (including phenoxy) is 4. The average molecular weight is 440 g/mol. The highest BCUT2D eigenvalue weighted by Crippen LogP contribution is 2.34. The zero-order chi connectivity index (χ0) is 22.7. The lowest BCUT2D eigenvalue weighted by atomic mass is 10.0. The molecule has 31 heavy (non-hydrogen) atoms. The lowest BCUT2D eigenvalue weighted by molar-refractivity contribution is -0.274. The van der Waals surface area contributed by atoms with Crippen molar-refractivity contribution in [3.63, 3.8) is 0 Å². The molecule has 0 saturated heterocycles. The van der Waals surface area contributed by atoms with E-state index in [1.54, 1.807) is 37.4 Å². The van der Waals surface area contributed by atoms with Crippen LogP contribution >= 0.6 is 0 Å². The number of alkyl halides is 3. The van der Waals surface area contributed by atoms with Gasteiger partial charge in [-0.05, 0) is 43.0 Å². The molecule has 0 aliphatic carbocycles. The molecule has 0 N–H and O–H groups in total. The lowest BCUT2D eigenvalue weighted by Gasteiger charge is -2.14. The summed E-state index contributed by atoms with van der Waals surface area (Å²) < 4.78 is 56.6. The van der Waals surface area contributed by atoms with Crippen LogP contribution in [-0.4, -0.2) is 38.8 Å². The molecule has 0 bridgehead atoms. The fourth-order valence-corrected chi connectivity index (χ4v) is 2.74. The van der Waals surface area contributed by atoms with Crippen LogP contribution in [0.15, 0.2) is 48.5 Å². The first kappa shape index (κ1) is 24.2. The van der Waals surface area contributed by atoms with E-state index in [4.69, 9.17) is 9.47 Å². The van der Waals surface area contributed by atoms with Gasteiger partial charge in [0.2, 0.25) is 0 Å². The average Bonchev–Trinajstić information content (AvgIpc) is 2.73. The van der Waals surface area contributed by atoms with Gasteiger partial charge in [-0.25, -0.2) is 9.59 Å². The van der Waals surface area contributed by atoms with Gasteiger partial charge in [0.05, 0.1) is 12.2 Å². The third-order valence-corrected chi connectivity index (χ3v) is 4.16. The third kappa shape index (κ3) is 8.67. The third-order valence-electron chi connectivity index (χ3n) is 4.16. The van der Waals surface area contributed by atoms with E-state index in [1.807, 2.05) is 0 Å². The van der Waals surface area contributed by atoms with Crippen molar-refractivity contribution in [1.82, 2.24) is 0 Å². The van der Waals surface area contributed by atoms with Crippen LogP contribution in [0.2, 0.25) is 0 Å². The van der Waals surface area contributed by atoms with Crippen LogP contribution in [0, 0.1) is 0 Å². The van der Waals surface area contributed by atoms with E-state index in [0.29, 0.717) is 18.6 Å². The quantitative estimate of drug-likeness (QED) is 0.266. The molecular formula is C22H23F3O6. The molecule has 0 saturated carbocycles. The Bertz CT molecular complexity index is 852. The van der Waals surface area contributed by atoms with Crippen molar-refractivity contribution in [2.75, 3.05) is 20.3 Å². The summed E-state index contributed by atoms with van der Waals surface area (Å²) in [5.41, 5.74) is 0.300. The smallest absolute Gasteiger partial charge is 0.434 e. The Balaban J connectivity index is 2.00. The number of hydrogen-bond donors (Lipinski definition) is 0. The molecule has 0 heterocycles. The highest BCUT2D eigenvalue weighted by atomic mass is 19.4. The van der Waals surface area contributed by atoms with Crippen LogP contribution in [0.25, 0.3) is 11.1 Å². The lowest BCUT2D eigenvalue weighted by Crippen LogP contribution is -2.18. The predicted molar refractivity (Wildman–Crippen MR) is 106 cm³/mol. The minimum Gasteiger partial charge on any atom is -0.434 e. The summed E-state index contributed by atoms with van der Waals surface area (Å²) in [6.07, 6.45) is -2.82. The molecule has 0 unspecified atom stereocenters. The summed E-state index contributed by atoms with van der Waals surface area (Å²) >= 11 is 0. The Morgan fingerprint density at radius 2 is 1.58 bits per heavy atom. The number of methoxy groups -OCH3 is 1. The molecule has 2 aromatic rings. The Morgan fingerprint density at radius 3 is 2.23 bits per heavy atom. The normalized spacial score (nSPS) is 11.1. The molecule has 0 fully saturated rings. The second kappa shape index (κ2) is 11.9. The van der Waals surface area contributed by atoms with Gasteiger partial charge in [0.25, 0.3) is 0 Å². The van der Waals surface area contributed by atoms with Crippen LogP contribution in [0.5, 0.6) is 5.75 Å². The maximum absolute atomic E-state index is 12.7. The van der Waals surface area contributed by atoms with E-state index in [-0.39, 0.29) is 17.7 Å². The zero-order valence-electron chi connectivity index (χ0n) is 16.9. The monoisotopic (exact) mass is 440 g/mol. The molecule has 2 aromatic carbocycles. The van der Waals surface area contributed by atoms with Gasteiger partial charge in [0.15, 0.2) is 0 Å². The number of rotatable bonds is 10. The van der Waals surface area contributed by atoms with Gasteiger partial charge >= 0.3 is 18.5 Å². The molecule has 9 heteroatoms. The van der Waals surface area contributed by atoms with Gasteiger partial charge < -0.3 is 18.9 Å². The molecule has 0 aromatic heterocycles. The van der Waals surface area contributed by atoms with Crippen LogP contribution in [-0.2, 0) is 14.2 Å². The van der Waals surface area contributed by atoms with Crippen molar-refractivity contribution in [2.45, 2.75) is 32.0 Å². The van der Waals surface area contributed by atoms with E-state index in [0.717, 1.165) is 31.4 Å². The number of benzene rings is 2. The van der Waals surface area contributed by atoms with Crippen molar-refractivity contribution in [3.05, 3.63) is 54.1 Å². The highest BCUT2D eigenvalue weighted by molar-refractivity contribution is 5.96. The van der Waals surface area contributed by atoms with Crippen molar-refractivity contribution in [2.24, 2.45) is 0 Å². The van der Waals surface area contributed by atoms with Gasteiger partial charge in [-0.15, -0.1) is 13.2 Å². The first-order valence-electron chi connectivity index (χ1n) is 9.63. The summed E-state index contributed by atoms with van der Waals surface area (Å²) in [5, 5.41) is 0. The number of carbonyl (C=O) groups is 2. The van der Waals surface area contributed by atoms with E-state index in [9.17, 15) is 22.8 Å². The molecule has 0 amide bonds. The van der Waals surface area contributed by atoms with Gasteiger partial charge in [0, 0.05) is 19.3 Å². The molecule has 168 valence electrons. The largest absolute Gasteiger partial charge is 0.573 e. The summed E-state index contributed by atoms with van der Waals surface area (Å²) in [7, 11) is 1.62. The van der Waals surface area contributed by atoms with E-state index < -0.39 is 24.2 Å². The molecule has 0 aliphatic rings.